The summed E-state index contributed by atoms with van der Waals surface area (Å²) in [5.74, 6) is 0.736. The number of phenols is 2. The van der Waals surface area contributed by atoms with Gasteiger partial charge in [-0.1, -0.05) is 12.1 Å². The summed E-state index contributed by atoms with van der Waals surface area (Å²) in [6.07, 6.45) is 0. The maximum absolute atomic E-state index is 9.76. The molecule has 6 heteroatoms. The van der Waals surface area contributed by atoms with Crippen molar-refractivity contribution >= 4 is 11.4 Å². The molecule has 1 unspecified atom stereocenters. The van der Waals surface area contributed by atoms with Gasteiger partial charge in [-0.05, 0) is 54.1 Å². The van der Waals surface area contributed by atoms with Gasteiger partial charge in [-0.2, -0.15) is 10.4 Å². The zero-order chi connectivity index (χ0) is 19.5. The fourth-order valence-corrected chi connectivity index (χ4v) is 3.12. The number of rotatable bonds is 3. The molecule has 0 fully saturated rings. The molecule has 4 rings (SSSR count). The standard InChI is InChI=1S/C22H17N3O3/c23-12-14-1-5-16(6-2-14)24-25-22-19-10-9-18(27)11-21(19)28-13-20(22)15-3-7-17(26)8-4-15/h1-11,20,24,26-27H,13H2/b25-22+. The zero-order valence-electron chi connectivity index (χ0n) is 14.8. The maximum Gasteiger partial charge on any atom is 0.132 e. The minimum atomic E-state index is -0.150. The van der Waals surface area contributed by atoms with Crippen LogP contribution >= 0.6 is 0 Å². The van der Waals surface area contributed by atoms with Gasteiger partial charge in [-0.3, -0.25) is 5.43 Å². The number of ether oxygens (including phenoxy) is 1. The van der Waals surface area contributed by atoms with Crippen LogP contribution in [-0.2, 0) is 0 Å². The van der Waals surface area contributed by atoms with E-state index in [-0.39, 0.29) is 17.4 Å². The second-order valence-corrected chi connectivity index (χ2v) is 6.43. The highest BCUT2D eigenvalue weighted by Gasteiger charge is 2.29. The third-order valence-electron chi connectivity index (χ3n) is 4.59. The van der Waals surface area contributed by atoms with Crippen LogP contribution < -0.4 is 10.2 Å². The Bertz CT molecular complexity index is 1070. The molecule has 28 heavy (non-hydrogen) atoms. The van der Waals surface area contributed by atoms with E-state index in [1.165, 1.54) is 0 Å². The van der Waals surface area contributed by atoms with E-state index < -0.39 is 0 Å². The SMILES string of the molecule is N#Cc1ccc(N/N=C2\c3ccc(O)cc3OCC2c2ccc(O)cc2)cc1. The number of nitrogens with zero attached hydrogens (tertiary/aromatic N) is 2. The van der Waals surface area contributed by atoms with Crippen molar-refractivity contribution in [2.75, 3.05) is 12.0 Å². The highest BCUT2D eigenvalue weighted by atomic mass is 16.5. The van der Waals surface area contributed by atoms with Gasteiger partial charge in [0.2, 0.25) is 0 Å². The molecule has 1 aliphatic rings. The van der Waals surface area contributed by atoms with Crippen LogP contribution in [0.1, 0.15) is 22.6 Å². The smallest absolute Gasteiger partial charge is 0.132 e. The predicted molar refractivity (Wildman–Crippen MR) is 106 cm³/mol. The first-order valence-corrected chi connectivity index (χ1v) is 8.73. The molecule has 3 aromatic rings. The van der Waals surface area contributed by atoms with Crippen molar-refractivity contribution in [3.05, 3.63) is 83.4 Å². The van der Waals surface area contributed by atoms with E-state index in [1.54, 1.807) is 54.6 Å². The first kappa shape index (κ1) is 17.4. The molecular weight excluding hydrogens is 354 g/mol. The quantitative estimate of drug-likeness (QED) is 0.606. The van der Waals surface area contributed by atoms with Crippen LogP contribution in [-0.4, -0.2) is 22.5 Å². The normalized spacial score (nSPS) is 16.7. The van der Waals surface area contributed by atoms with Gasteiger partial charge in [0.25, 0.3) is 0 Å². The number of benzene rings is 3. The van der Waals surface area contributed by atoms with E-state index in [0.29, 0.717) is 17.9 Å². The third-order valence-corrected chi connectivity index (χ3v) is 4.59. The maximum atomic E-state index is 9.76. The Balaban J connectivity index is 1.72. The van der Waals surface area contributed by atoms with Crippen molar-refractivity contribution in [1.82, 2.24) is 0 Å². The molecule has 3 N–H and O–H groups in total. The van der Waals surface area contributed by atoms with Crippen LogP contribution in [0.15, 0.2) is 71.8 Å². The van der Waals surface area contributed by atoms with Crippen molar-refractivity contribution in [2.24, 2.45) is 5.10 Å². The van der Waals surface area contributed by atoms with Crippen LogP contribution in [0, 0.1) is 11.3 Å². The first-order chi connectivity index (χ1) is 13.6. The van der Waals surface area contributed by atoms with Gasteiger partial charge in [0, 0.05) is 11.6 Å². The third kappa shape index (κ3) is 3.46. The van der Waals surface area contributed by atoms with Crippen LogP contribution in [0.25, 0.3) is 0 Å². The second-order valence-electron chi connectivity index (χ2n) is 6.43. The molecule has 0 amide bonds. The Morgan fingerprint density at radius 3 is 2.39 bits per heavy atom. The van der Waals surface area contributed by atoms with E-state index in [0.717, 1.165) is 22.5 Å². The molecule has 0 saturated heterocycles. The van der Waals surface area contributed by atoms with Crippen molar-refractivity contribution in [1.29, 1.82) is 5.26 Å². The molecule has 0 radical (unpaired) electrons. The summed E-state index contributed by atoms with van der Waals surface area (Å²) in [5.41, 5.74) is 6.87. The lowest BCUT2D eigenvalue weighted by Crippen LogP contribution is -2.27. The van der Waals surface area contributed by atoms with Crippen LogP contribution in [0.3, 0.4) is 0 Å². The number of hydrazone groups is 1. The average molecular weight is 371 g/mol. The summed E-state index contributed by atoms with van der Waals surface area (Å²) in [5, 5.41) is 32.9. The van der Waals surface area contributed by atoms with Crippen LogP contribution in [0.2, 0.25) is 0 Å². The summed E-state index contributed by atoms with van der Waals surface area (Å²) in [6.45, 7) is 0.356. The first-order valence-electron chi connectivity index (χ1n) is 8.73. The van der Waals surface area contributed by atoms with Crippen molar-refractivity contribution in [2.45, 2.75) is 5.92 Å². The Hall–Kier alpha value is -3.98. The Kier molecular flexibility index (Phi) is 4.56. The highest BCUT2D eigenvalue weighted by Crippen LogP contribution is 2.35. The summed E-state index contributed by atoms with van der Waals surface area (Å²) in [6, 6.07) is 21.0. The summed E-state index contributed by atoms with van der Waals surface area (Å²) in [7, 11) is 0. The minimum Gasteiger partial charge on any atom is -0.508 e. The summed E-state index contributed by atoms with van der Waals surface area (Å²) >= 11 is 0. The lowest BCUT2D eigenvalue weighted by molar-refractivity contribution is 0.300. The summed E-state index contributed by atoms with van der Waals surface area (Å²) < 4.78 is 5.85. The average Bonchev–Trinajstić information content (AvgIpc) is 2.73. The lowest BCUT2D eigenvalue weighted by atomic mass is 9.88. The number of phenolic OH excluding ortho intramolecular Hbond substituents is 2. The van der Waals surface area contributed by atoms with Gasteiger partial charge in [0.1, 0.15) is 23.9 Å². The Labute approximate surface area is 162 Å². The monoisotopic (exact) mass is 371 g/mol. The number of hydrogen-bond donors (Lipinski definition) is 3. The minimum absolute atomic E-state index is 0.126. The molecule has 0 bridgehead atoms. The molecule has 1 aliphatic heterocycles. The molecule has 0 spiro atoms. The number of aromatic hydroxyl groups is 2. The molecule has 1 heterocycles. The molecule has 3 aromatic carbocycles. The Morgan fingerprint density at radius 1 is 0.964 bits per heavy atom. The predicted octanol–water partition coefficient (Wildman–Crippen LogP) is 3.96. The van der Waals surface area contributed by atoms with Crippen LogP contribution in [0.5, 0.6) is 17.2 Å². The fraction of sp³-hybridized carbons (Fsp3) is 0.0909. The fourth-order valence-electron chi connectivity index (χ4n) is 3.12. The van der Waals surface area contributed by atoms with Gasteiger partial charge in [-0.25, -0.2) is 0 Å². The largest absolute Gasteiger partial charge is 0.508 e. The van der Waals surface area contributed by atoms with E-state index in [4.69, 9.17) is 10.00 Å². The number of anilines is 1. The topological polar surface area (TPSA) is 97.9 Å². The number of nitrogens with one attached hydrogen (secondary N) is 1. The lowest BCUT2D eigenvalue weighted by Gasteiger charge is -2.27. The van der Waals surface area contributed by atoms with Gasteiger partial charge < -0.3 is 14.9 Å². The second kappa shape index (κ2) is 7.33. The van der Waals surface area contributed by atoms with E-state index >= 15 is 0 Å². The zero-order valence-corrected chi connectivity index (χ0v) is 14.8. The molecular formula is C22H17N3O3. The molecule has 0 aliphatic carbocycles. The van der Waals surface area contributed by atoms with Gasteiger partial charge in [0.05, 0.1) is 28.9 Å². The van der Waals surface area contributed by atoms with E-state index in [9.17, 15) is 10.2 Å². The number of nitriles is 1. The summed E-state index contributed by atoms with van der Waals surface area (Å²) in [4.78, 5) is 0. The van der Waals surface area contributed by atoms with Crippen LogP contribution in [0.4, 0.5) is 5.69 Å². The molecule has 0 saturated carbocycles. The van der Waals surface area contributed by atoms with Crippen molar-refractivity contribution < 1.29 is 14.9 Å². The van der Waals surface area contributed by atoms with E-state index in [1.807, 2.05) is 12.1 Å². The Morgan fingerprint density at radius 2 is 1.68 bits per heavy atom. The van der Waals surface area contributed by atoms with E-state index in [2.05, 4.69) is 16.6 Å². The van der Waals surface area contributed by atoms with Crippen molar-refractivity contribution in [3.8, 4) is 23.3 Å². The van der Waals surface area contributed by atoms with Gasteiger partial charge in [0.15, 0.2) is 0 Å². The molecule has 138 valence electrons. The van der Waals surface area contributed by atoms with Crippen molar-refractivity contribution in [3.63, 3.8) is 0 Å². The number of hydrogen-bond acceptors (Lipinski definition) is 6. The van der Waals surface area contributed by atoms with Gasteiger partial charge >= 0.3 is 0 Å². The highest BCUT2D eigenvalue weighted by molar-refractivity contribution is 6.08. The molecule has 0 aromatic heterocycles. The molecule has 6 nitrogen and oxygen atoms in total. The number of fused-ring (bicyclic) bond motifs is 1. The van der Waals surface area contributed by atoms with Gasteiger partial charge in [-0.15, -0.1) is 0 Å². The molecule has 1 atom stereocenters.